The Bertz CT molecular complexity index is 2700. The highest BCUT2D eigenvalue weighted by atomic mass is 32.1. The lowest BCUT2D eigenvalue weighted by Gasteiger charge is -2.14. The molecule has 0 saturated heterocycles. The smallest absolute Gasteiger partial charge is 0.170 e. The van der Waals surface area contributed by atoms with Crippen LogP contribution in [0.4, 0.5) is 35.1 Å². The molecule has 7 aromatic rings. The topological polar surface area (TPSA) is 44.2 Å². The third kappa shape index (κ3) is 5.82. The summed E-state index contributed by atoms with van der Waals surface area (Å²) in [6, 6.07) is 16.4. The van der Waals surface area contributed by atoms with Gasteiger partial charge in [-0.15, -0.1) is 0 Å². The van der Waals surface area contributed by atoms with E-state index in [9.17, 15) is 0 Å². The lowest BCUT2D eigenvalue weighted by atomic mass is 9.93. The van der Waals surface area contributed by atoms with Crippen LogP contribution in [-0.4, -0.2) is 23.0 Å². The number of hydrogen-bond acceptors (Lipinski definition) is 5. The van der Waals surface area contributed by atoms with E-state index >= 15 is 35.1 Å². The normalized spacial score (nSPS) is 12.0. The summed E-state index contributed by atoms with van der Waals surface area (Å²) in [6.07, 6.45) is 5.33. The van der Waals surface area contributed by atoms with Crippen LogP contribution in [0.1, 0.15) is 22.3 Å². The number of methoxy groups -OCH3 is 2. The van der Waals surface area contributed by atoms with Crippen LogP contribution in [0.5, 0.6) is 11.5 Å². The van der Waals surface area contributed by atoms with Gasteiger partial charge >= 0.3 is 0 Å². The standard InChI is InChI=1S/C42H22F8N2O2S/c1-53-28-18-24-13-14-27-33(43)35(45)30(36(46)34(27)44)22-11-9-20(10-12-22)25-15-16-26(42-41(25)51-55-52-42)32-39(49)37(47)31(38(48)40(32)50)21-6-3-19(4-7-21)5-8-23(28)17-29(24)54-2/h3-18H,1-2H3. The zero-order valence-corrected chi connectivity index (χ0v) is 29.2. The van der Waals surface area contributed by atoms with E-state index in [1.54, 1.807) is 18.2 Å². The molecule has 55 heavy (non-hydrogen) atoms. The Morgan fingerprint density at radius 2 is 0.855 bits per heavy atom. The fourth-order valence-corrected chi connectivity index (χ4v) is 7.19. The molecule has 0 unspecified atom stereocenters. The van der Waals surface area contributed by atoms with Crippen LogP contribution in [0.2, 0.25) is 0 Å². The average Bonchev–Trinajstić information content (AvgIpc) is 3.70. The molecule has 13 heteroatoms. The van der Waals surface area contributed by atoms with Gasteiger partial charge in [0.1, 0.15) is 22.5 Å². The van der Waals surface area contributed by atoms with Crippen molar-refractivity contribution in [3.05, 3.63) is 142 Å². The summed E-state index contributed by atoms with van der Waals surface area (Å²) in [5.41, 5.74) is -2.45. The van der Waals surface area contributed by atoms with Gasteiger partial charge < -0.3 is 9.47 Å². The summed E-state index contributed by atoms with van der Waals surface area (Å²) in [5, 5.41) is 0. The molecular weight excluding hydrogens is 749 g/mol. The third-order valence-corrected chi connectivity index (χ3v) is 9.92. The fourth-order valence-electron chi connectivity index (χ4n) is 6.61. The molecule has 0 radical (unpaired) electrons. The Hall–Kier alpha value is -6.34. The predicted octanol–water partition coefficient (Wildman–Crippen LogP) is 12.1. The SMILES string of the molecule is COc1cc2c(OC)cc1C=Cc1ccc(cc1)-c1c(F)c(F)c(c(F)c1F)-c1ccc(c3nsnc13)-c1ccc(cc1)-c1c(F)c(F)c(c(F)c1F)C=C2. The Kier molecular flexibility index (Phi) is 8.96. The van der Waals surface area contributed by atoms with Crippen molar-refractivity contribution in [3.63, 3.8) is 0 Å². The molecular formula is C42H22F8N2O2S. The van der Waals surface area contributed by atoms with E-state index in [2.05, 4.69) is 8.75 Å². The number of ether oxygens (including phenoxy) is 2. The van der Waals surface area contributed by atoms with Gasteiger partial charge in [0.2, 0.25) is 0 Å². The van der Waals surface area contributed by atoms with Crippen molar-refractivity contribution < 1.29 is 44.6 Å². The Balaban J connectivity index is 1.36. The zero-order valence-electron chi connectivity index (χ0n) is 28.4. The third-order valence-electron chi connectivity index (χ3n) is 9.40. The summed E-state index contributed by atoms with van der Waals surface area (Å²) in [7, 11) is 2.72. The maximum atomic E-state index is 15.9. The Morgan fingerprint density at radius 3 is 1.38 bits per heavy atom. The maximum Gasteiger partial charge on any atom is 0.170 e. The van der Waals surface area contributed by atoms with Gasteiger partial charge in [0.25, 0.3) is 0 Å². The van der Waals surface area contributed by atoms with Gasteiger partial charge in [-0.3, -0.25) is 0 Å². The minimum atomic E-state index is -1.65. The second kappa shape index (κ2) is 13.8. The number of rotatable bonds is 2. The first-order valence-corrected chi connectivity index (χ1v) is 17.1. The van der Waals surface area contributed by atoms with E-state index in [0.717, 1.165) is 6.08 Å². The fraction of sp³-hybridized carbons (Fsp3) is 0.0476. The summed E-state index contributed by atoms with van der Waals surface area (Å²) in [4.78, 5) is 0. The van der Waals surface area contributed by atoms with Gasteiger partial charge in [-0.05, 0) is 40.5 Å². The van der Waals surface area contributed by atoms with Gasteiger partial charge in [-0.2, -0.15) is 8.75 Å². The second-order valence-electron chi connectivity index (χ2n) is 12.4. The van der Waals surface area contributed by atoms with Gasteiger partial charge in [0, 0.05) is 22.3 Å². The molecule has 0 amide bonds. The van der Waals surface area contributed by atoms with Crippen molar-refractivity contribution in [1.29, 1.82) is 0 Å². The first kappa shape index (κ1) is 35.7. The summed E-state index contributed by atoms with van der Waals surface area (Å²) >= 11 is 0.673. The van der Waals surface area contributed by atoms with Crippen molar-refractivity contribution in [2.75, 3.05) is 14.2 Å². The largest absolute Gasteiger partial charge is 0.496 e. The molecule has 12 bridgehead atoms. The zero-order chi connectivity index (χ0) is 38.7. The van der Waals surface area contributed by atoms with Gasteiger partial charge in [0.15, 0.2) is 46.5 Å². The molecule has 0 N–H and O–H groups in total. The molecule has 1 aromatic heterocycles. The molecule has 0 aliphatic heterocycles. The first-order chi connectivity index (χ1) is 26.5. The van der Waals surface area contributed by atoms with E-state index in [1.807, 2.05) is 0 Å². The van der Waals surface area contributed by atoms with Crippen LogP contribution in [-0.2, 0) is 0 Å². The molecule has 4 nitrogen and oxygen atoms in total. The van der Waals surface area contributed by atoms with Crippen molar-refractivity contribution in [1.82, 2.24) is 8.75 Å². The van der Waals surface area contributed by atoms with Crippen molar-refractivity contribution in [2.24, 2.45) is 0 Å². The van der Waals surface area contributed by atoms with Crippen LogP contribution in [0.25, 0.3) is 79.8 Å². The van der Waals surface area contributed by atoms with Crippen LogP contribution in [0, 0.1) is 46.5 Å². The molecule has 22 rings (SSSR count). The van der Waals surface area contributed by atoms with Crippen molar-refractivity contribution >= 4 is 47.1 Å². The predicted molar refractivity (Wildman–Crippen MR) is 196 cm³/mol. The molecule has 274 valence electrons. The van der Waals surface area contributed by atoms with Crippen LogP contribution in [0.3, 0.4) is 0 Å². The highest BCUT2D eigenvalue weighted by Gasteiger charge is 2.30. The highest BCUT2D eigenvalue weighted by Crippen LogP contribution is 2.42. The molecule has 6 aromatic carbocycles. The molecule has 1 heterocycles. The summed E-state index contributed by atoms with van der Waals surface area (Å²) in [5.74, 6) is -12.6. The van der Waals surface area contributed by atoms with Crippen molar-refractivity contribution in [2.45, 2.75) is 0 Å². The number of hydrogen-bond donors (Lipinski definition) is 0. The minimum absolute atomic E-state index is 0.0752. The summed E-state index contributed by atoms with van der Waals surface area (Å²) < 4.78 is 145. The highest BCUT2D eigenvalue weighted by molar-refractivity contribution is 7.00. The van der Waals surface area contributed by atoms with E-state index < -0.39 is 68.8 Å². The average molecular weight is 771 g/mol. The number of aromatic nitrogens is 2. The Morgan fingerprint density at radius 1 is 0.436 bits per heavy atom. The maximum absolute atomic E-state index is 15.9. The second-order valence-corrected chi connectivity index (χ2v) is 12.9. The summed E-state index contributed by atoms with van der Waals surface area (Å²) in [6.45, 7) is 0. The lowest BCUT2D eigenvalue weighted by Crippen LogP contribution is -2.04. The number of benzene rings is 6. The Labute approximate surface area is 311 Å². The van der Waals surface area contributed by atoms with Crippen LogP contribution < -0.4 is 9.47 Å². The van der Waals surface area contributed by atoms with Gasteiger partial charge in [0.05, 0.1) is 48.2 Å². The van der Waals surface area contributed by atoms with Gasteiger partial charge in [-0.25, -0.2) is 35.1 Å². The van der Waals surface area contributed by atoms with E-state index in [-0.39, 0.29) is 44.8 Å². The quantitative estimate of drug-likeness (QED) is 0.130. The number of halogens is 8. The minimum Gasteiger partial charge on any atom is -0.496 e. The first-order valence-electron chi connectivity index (χ1n) is 16.3. The molecule has 0 spiro atoms. The monoisotopic (exact) mass is 770 g/mol. The van der Waals surface area contributed by atoms with E-state index in [4.69, 9.17) is 9.47 Å². The van der Waals surface area contributed by atoms with E-state index in [1.165, 1.54) is 87.0 Å². The molecule has 15 aliphatic rings. The molecule has 0 saturated carbocycles. The lowest BCUT2D eigenvalue weighted by molar-refractivity contribution is 0.401. The van der Waals surface area contributed by atoms with Crippen molar-refractivity contribution in [3.8, 4) is 56.0 Å². The van der Waals surface area contributed by atoms with Crippen LogP contribution >= 0.6 is 11.7 Å². The van der Waals surface area contributed by atoms with Gasteiger partial charge in [-0.1, -0.05) is 78.9 Å². The number of nitrogens with zero attached hydrogens (tertiary/aromatic N) is 2. The van der Waals surface area contributed by atoms with Crippen LogP contribution in [0.15, 0.2) is 72.8 Å². The molecule has 0 fully saturated rings. The van der Waals surface area contributed by atoms with E-state index in [0.29, 0.717) is 34.0 Å². The molecule has 15 aliphatic carbocycles. The molecule has 0 atom stereocenters.